The summed E-state index contributed by atoms with van der Waals surface area (Å²) >= 11 is 0. The summed E-state index contributed by atoms with van der Waals surface area (Å²) in [5.74, 6) is 0.0605. The van der Waals surface area contributed by atoms with Crippen molar-refractivity contribution in [1.82, 2.24) is 10.2 Å². The molecule has 0 aromatic carbocycles. The van der Waals surface area contributed by atoms with Crippen molar-refractivity contribution in [1.29, 1.82) is 0 Å². The normalized spacial score (nSPS) is 17.4. The lowest BCUT2D eigenvalue weighted by Gasteiger charge is -2.28. The van der Waals surface area contributed by atoms with Crippen molar-refractivity contribution in [2.45, 2.75) is 31.2 Å². The summed E-state index contributed by atoms with van der Waals surface area (Å²) in [6, 6.07) is 3.23. The number of nitrogens with zero attached hydrogens (tertiary/aromatic N) is 2. The topological polar surface area (TPSA) is 84.3 Å². The number of anilines is 1. The number of hydrogen-bond donors (Lipinski definition) is 2. The van der Waals surface area contributed by atoms with E-state index in [0.29, 0.717) is 5.82 Å². The van der Waals surface area contributed by atoms with Crippen molar-refractivity contribution in [2.75, 3.05) is 19.0 Å². The van der Waals surface area contributed by atoms with E-state index in [2.05, 4.69) is 20.3 Å². The molecule has 2 rings (SSSR count). The van der Waals surface area contributed by atoms with Crippen LogP contribution in [0, 0.1) is 0 Å². The molecule has 6 nitrogen and oxygen atoms in total. The zero-order valence-corrected chi connectivity index (χ0v) is 10.3. The van der Waals surface area contributed by atoms with Gasteiger partial charge in [0, 0.05) is 0 Å². The molecule has 2 N–H and O–H groups in total. The number of carbonyl (C=O) groups is 1. The molecule has 0 unspecified atom stereocenters. The summed E-state index contributed by atoms with van der Waals surface area (Å²) in [6.45, 7) is 0.0768. The van der Waals surface area contributed by atoms with Gasteiger partial charge in [0.05, 0.1) is 19.3 Å². The predicted octanol–water partition coefficient (Wildman–Crippen LogP) is 0.980. The summed E-state index contributed by atoms with van der Waals surface area (Å²) in [4.78, 5) is 11.2. The van der Waals surface area contributed by atoms with Crippen LogP contribution in [0.25, 0.3) is 0 Å². The van der Waals surface area contributed by atoms with Gasteiger partial charge in [-0.3, -0.25) is 0 Å². The van der Waals surface area contributed by atoms with Gasteiger partial charge in [-0.05, 0) is 25.0 Å². The fourth-order valence-corrected chi connectivity index (χ4v) is 2.26. The lowest BCUT2D eigenvalue weighted by Crippen LogP contribution is -2.39. The summed E-state index contributed by atoms with van der Waals surface area (Å²) in [6.07, 6.45) is 4.04. The number of ether oxygens (including phenoxy) is 1. The Morgan fingerprint density at radius 2 is 2.17 bits per heavy atom. The lowest BCUT2D eigenvalue weighted by atomic mass is 9.99. The molecule has 1 fully saturated rings. The highest BCUT2D eigenvalue weighted by atomic mass is 16.5. The largest absolute Gasteiger partial charge is 0.464 e. The Hall–Kier alpha value is -1.69. The monoisotopic (exact) mass is 251 g/mol. The van der Waals surface area contributed by atoms with Crippen LogP contribution in [0.3, 0.4) is 0 Å². The van der Waals surface area contributed by atoms with Crippen LogP contribution in [0.5, 0.6) is 0 Å². The highest BCUT2D eigenvalue weighted by Gasteiger charge is 2.33. The van der Waals surface area contributed by atoms with Crippen LogP contribution >= 0.6 is 0 Å². The van der Waals surface area contributed by atoms with Gasteiger partial charge >= 0.3 is 5.97 Å². The summed E-state index contributed by atoms with van der Waals surface area (Å²) in [7, 11) is 1.30. The number of rotatable bonds is 4. The number of aliphatic hydroxyl groups excluding tert-OH is 1. The van der Waals surface area contributed by atoms with Gasteiger partial charge < -0.3 is 15.2 Å². The van der Waals surface area contributed by atoms with Gasteiger partial charge in [0.25, 0.3) is 0 Å². The number of aromatic nitrogens is 2. The zero-order chi connectivity index (χ0) is 13.0. The molecule has 1 aliphatic rings. The quantitative estimate of drug-likeness (QED) is 0.776. The van der Waals surface area contributed by atoms with E-state index in [4.69, 9.17) is 0 Å². The first-order valence-corrected chi connectivity index (χ1v) is 6.00. The summed E-state index contributed by atoms with van der Waals surface area (Å²) < 4.78 is 4.55. The first-order chi connectivity index (χ1) is 8.69. The number of methoxy groups -OCH3 is 1. The summed E-state index contributed by atoms with van der Waals surface area (Å²) in [5, 5.41) is 20.4. The second-order valence-electron chi connectivity index (χ2n) is 4.57. The number of nitrogens with one attached hydrogen (secondary N) is 1. The molecular formula is C12H17N3O3. The van der Waals surface area contributed by atoms with E-state index < -0.39 is 5.97 Å². The molecular weight excluding hydrogens is 234 g/mol. The van der Waals surface area contributed by atoms with Crippen molar-refractivity contribution in [3.05, 3.63) is 17.8 Å². The van der Waals surface area contributed by atoms with Crippen LogP contribution in [-0.2, 0) is 4.74 Å². The molecule has 0 radical (unpaired) electrons. The van der Waals surface area contributed by atoms with Crippen LogP contribution in [0.2, 0.25) is 0 Å². The maximum Gasteiger partial charge on any atom is 0.358 e. The minimum Gasteiger partial charge on any atom is -0.464 e. The maximum atomic E-state index is 11.2. The number of aliphatic hydroxyl groups is 1. The van der Waals surface area contributed by atoms with E-state index in [-0.39, 0.29) is 17.8 Å². The molecule has 1 heterocycles. The average Bonchev–Trinajstić information content (AvgIpc) is 2.88. The van der Waals surface area contributed by atoms with Crippen molar-refractivity contribution in [3.63, 3.8) is 0 Å². The van der Waals surface area contributed by atoms with Crippen LogP contribution in [0.1, 0.15) is 36.2 Å². The zero-order valence-electron chi connectivity index (χ0n) is 10.3. The molecule has 0 amide bonds. The van der Waals surface area contributed by atoms with Gasteiger partial charge in [0.2, 0.25) is 0 Å². The lowest BCUT2D eigenvalue weighted by molar-refractivity contribution is 0.0592. The van der Waals surface area contributed by atoms with Gasteiger partial charge in [-0.2, -0.15) is 0 Å². The van der Waals surface area contributed by atoms with Crippen LogP contribution in [0.15, 0.2) is 12.1 Å². The summed E-state index contributed by atoms with van der Waals surface area (Å²) in [5.41, 5.74) is -0.117. The minimum atomic E-state index is -0.508. The third-order valence-corrected chi connectivity index (χ3v) is 3.32. The SMILES string of the molecule is COC(=O)c1ccc(NC2(CO)CCCC2)nn1. The predicted molar refractivity (Wildman–Crippen MR) is 65.3 cm³/mol. The molecule has 0 spiro atoms. The Morgan fingerprint density at radius 3 is 2.67 bits per heavy atom. The third kappa shape index (κ3) is 2.59. The first-order valence-electron chi connectivity index (χ1n) is 6.00. The molecule has 1 aliphatic carbocycles. The van der Waals surface area contributed by atoms with Crippen molar-refractivity contribution >= 4 is 11.8 Å². The van der Waals surface area contributed by atoms with E-state index in [1.54, 1.807) is 12.1 Å². The van der Waals surface area contributed by atoms with E-state index in [1.807, 2.05) is 0 Å². The van der Waals surface area contributed by atoms with Gasteiger partial charge in [-0.15, -0.1) is 10.2 Å². The molecule has 18 heavy (non-hydrogen) atoms. The van der Waals surface area contributed by atoms with Gasteiger partial charge in [-0.1, -0.05) is 12.8 Å². The Bertz CT molecular complexity index is 413. The Morgan fingerprint density at radius 1 is 1.44 bits per heavy atom. The molecule has 1 aromatic rings. The minimum absolute atomic E-state index is 0.0768. The average molecular weight is 251 g/mol. The van der Waals surface area contributed by atoms with E-state index in [0.717, 1.165) is 25.7 Å². The molecule has 6 heteroatoms. The van der Waals surface area contributed by atoms with Crippen molar-refractivity contribution < 1.29 is 14.6 Å². The number of hydrogen-bond acceptors (Lipinski definition) is 6. The van der Waals surface area contributed by atoms with Crippen LogP contribution in [0.4, 0.5) is 5.82 Å². The molecule has 0 bridgehead atoms. The van der Waals surface area contributed by atoms with E-state index in [1.165, 1.54) is 7.11 Å². The molecule has 98 valence electrons. The highest BCUT2D eigenvalue weighted by Crippen LogP contribution is 2.32. The van der Waals surface area contributed by atoms with Gasteiger partial charge in [-0.25, -0.2) is 4.79 Å². The first kappa shape index (κ1) is 12.8. The standard InChI is InChI=1S/C12H17N3O3/c1-18-11(17)9-4-5-10(15-14-9)13-12(8-16)6-2-3-7-12/h4-5,16H,2-3,6-8H2,1H3,(H,13,15). The third-order valence-electron chi connectivity index (χ3n) is 3.32. The number of esters is 1. The second kappa shape index (κ2) is 5.30. The molecule has 0 atom stereocenters. The number of carbonyl (C=O) groups excluding carboxylic acids is 1. The highest BCUT2D eigenvalue weighted by molar-refractivity contribution is 5.86. The van der Waals surface area contributed by atoms with Crippen LogP contribution in [-0.4, -0.2) is 40.5 Å². The van der Waals surface area contributed by atoms with E-state index >= 15 is 0 Å². The smallest absolute Gasteiger partial charge is 0.358 e. The van der Waals surface area contributed by atoms with Gasteiger partial charge in [0.1, 0.15) is 5.82 Å². The molecule has 1 aromatic heterocycles. The molecule has 1 saturated carbocycles. The second-order valence-corrected chi connectivity index (χ2v) is 4.57. The van der Waals surface area contributed by atoms with E-state index in [9.17, 15) is 9.90 Å². The molecule has 0 saturated heterocycles. The Balaban J connectivity index is 2.08. The Labute approximate surface area is 105 Å². The maximum absolute atomic E-state index is 11.2. The van der Waals surface area contributed by atoms with Gasteiger partial charge in [0.15, 0.2) is 5.69 Å². The fourth-order valence-electron chi connectivity index (χ4n) is 2.26. The molecule has 0 aliphatic heterocycles. The van der Waals surface area contributed by atoms with Crippen molar-refractivity contribution in [3.8, 4) is 0 Å². The Kier molecular flexibility index (Phi) is 3.76. The van der Waals surface area contributed by atoms with Crippen LogP contribution < -0.4 is 5.32 Å². The van der Waals surface area contributed by atoms with Crippen molar-refractivity contribution in [2.24, 2.45) is 0 Å². The fraction of sp³-hybridized carbons (Fsp3) is 0.583.